The zero-order chi connectivity index (χ0) is 10.9. The van der Waals surface area contributed by atoms with Gasteiger partial charge in [-0.05, 0) is 0 Å². The van der Waals surface area contributed by atoms with Crippen molar-refractivity contribution >= 4 is 5.78 Å². The first kappa shape index (κ1) is 17.0. The van der Waals surface area contributed by atoms with Gasteiger partial charge in [0.1, 0.15) is 5.76 Å². The van der Waals surface area contributed by atoms with Crippen molar-refractivity contribution in [2.75, 3.05) is 0 Å². The molecule has 0 atom stereocenters. The van der Waals surface area contributed by atoms with Gasteiger partial charge >= 0.3 is 0 Å². The molecule has 0 heterocycles. The van der Waals surface area contributed by atoms with Crippen molar-refractivity contribution in [3.05, 3.63) is 11.8 Å². The van der Waals surface area contributed by atoms with Gasteiger partial charge in [0, 0.05) is 58.2 Å². The molecule has 3 heteroatoms. The molecule has 0 saturated carbocycles. The van der Waals surface area contributed by atoms with Gasteiger partial charge < -0.3 is 5.11 Å². The van der Waals surface area contributed by atoms with Gasteiger partial charge in [-0.15, -0.1) is 0 Å². The molecule has 1 N–H and O–H groups in total. The molecule has 1 radical (unpaired) electrons. The summed E-state index contributed by atoms with van der Waals surface area (Å²) >= 11 is 0. The van der Waals surface area contributed by atoms with Crippen LogP contribution in [0.15, 0.2) is 11.8 Å². The molecule has 0 aromatic heterocycles. The van der Waals surface area contributed by atoms with E-state index in [2.05, 4.69) is 0 Å². The molecule has 2 nitrogen and oxygen atoms in total. The summed E-state index contributed by atoms with van der Waals surface area (Å²) in [6.07, 6.45) is 1.33. The van der Waals surface area contributed by atoms with Crippen LogP contribution in [0.3, 0.4) is 0 Å². The van der Waals surface area contributed by atoms with Crippen LogP contribution in [0.1, 0.15) is 41.5 Å². The quantitative estimate of drug-likeness (QED) is 0.594. The van der Waals surface area contributed by atoms with Crippen LogP contribution in [0.4, 0.5) is 0 Å². The first-order valence-electron chi connectivity index (χ1n) is 4.51. The summed E-state index contributed by atoms with van der Waals surface area (Å²) in [4.78, 5) is 11.5. The number of carbonyl (C=O) groups is 1. The molecule has 0 unspecified atom stereocenters. The first-order chi connectivity index (χ1) is 5.55. The molecule has 0 aromatic rings. The number of aliphatic hydroxyl groups excluding tert-OH is 1. The van der Waals surface area contributed by atoms with Crippen LogP contribution in [-0.2, 0) is 4.79 Å². The molecular weight excluding hydrogens is 305 g/mol. The number of allylic oxidation sites excluding steroid dienone is 2. The number of aliphatic hydroxyl groups is 1. The zero-order valence-corrected chi connectivity index (χ0v) is 13.7. The number of hydrogen-bond donors (Lipinski definition) is 1. The van der Waals surface area contributed by atoms with Crippen LogP contribution in [0.5, 0.6) is 0 Å². The fourth-order valence-electron chi connectivity index (χ4n) is 0.557. The third kappa shape index (κ3) is 6.13. The summed E-state index contributed by atoms with van der Waals surface area (Å²) in [6, 6.07) is 0. The van der Waals surface area contributed by atoms with Crippen LogP contribution in [0.25, 0.3) is 0 Å². The van der Waals surface area contributed by atoms with Crippen LogP contribution in [0.2, 0.25) is 0 Å². The van der Waals surface area contributed by atoms with Crippen LogP contribution >= 0.6 is 0 Å². The van der Waals surface area contributed by atoms with E-state index >= 15 is 0 Å². The van der Waals surface area contributed by atoms with E-state index in [1.165, 1.54) is 6.08 Å². The maximum atomic E-state index is 11.5. The van der Waals surface area contributed by atoms with Gasteiger partial charge in [0.2, 0.25) is 0 Å². The molecule has 0 amide bonds. The van der Waals surface area contributed by atoms with Gasteiger partial charge in [0.05, 0.1) is 0 Å². The minimum atomic E-state index is -0.417. The van der Waals surface area contributed by atoms with Crippen LogP contribution in [0, 0.1) is 52.1 Å². The van der Waals surface area contributed by atoms with Gasteiger partial charge in [-0.1, -0.05) is 41.5 Å². The molecule has 79 valence electrons. The molecule has 0 bridgehead atoms. The molecule has 0 rings (SSSR count). The van der Waals surface area contributed by atoms with Crippen molar-refractivity contribution in [3.63, 3.8) is 0 Å². The Balaban J connectivity index is 0. The van der Waals surface area contributed by atoms with E-state index < -0.39 is 5.41 Å². The average Bonchev–Trinajstić information content (AvgIpc) is 1.82. The summed E-state index contributed by atoms with van der Waals surface area (Å²) in [5.74, 6) is 0.104. The van der Waals surface area contributed by atoms with Gasteiger partial charge in [-0.2, -0.15) is 0 Å². The van der Waals surface area contributed by atoms with E-state index in [1.807, 2.05) is 41.5 Å². The Bertz CT molecular complexity index is 229. The zero-order valence-electron chi connectivity index (χ0n) is 10.0. The Morgan fingerprint density at radius 3 is 1.57 bits per heavy atom. The van der Waals surface area contributed by atoms with Crippen LogP contribution < -0.4 is 0 Å². The molecule has 0 spiro atoms. The normalized spacial score (nSPS) is 13.4. The number of rotatable bonds is 1. The summed E-state index contributed by atoms with van der Waals surface area (Å²) < 4.78 is 0. The van der Waals surface area contributed by atoms with Crippen LogP contribution in [-0.4, -0.2) is 10.9 Å². The molecule has 0 aliphatic rings. The summed E-state index contributed by atoms with van der Waals surface area (Å²) in [7, 11) is 0. The molecule has 0 aromatic carbocycles. The average molecular weight is 325 g/mol. The Kier molecular flexibility index (Phi) is 6.79. The van der Waals surface area contributed by atoms with Crippen molar-refractivity contribution in [3.8, 4) is 0 Å². The molecule has 14 heavy (non-hydrogen) atoms. The van der Waals surface area contributed by atoms with Crippen molar-refractivity contribution < 1.29 is 51.2 Å². The predicted molar refractivity (Wildman–Crippen MR) is 54.6 cm³/mol. The minimum Gasteiger partial charge on any atom is -0.512 e. The fraction of sp³-hybridized carbons (Fsp3) is 0.727. The summed E-state index contributed by atoms with van der Waals surface area (Å²) in [5, 5.41) is 9.56. The number of hydrogen-bond acceptors (Lipinski definition) is 2. The SMILES string of the molecule is CC(C)(C)C(=O)/C=C(\O)C(C)(C)C.[Pr]. The third-order valence-electron chi connectivity index (χ3n) is 1.78. The van der Waals surface area contributed by atoms with E-state index in [-0.39, 0.29) is 58.2 Å². The monoisotopic (exact) mass is 325 g/mol. The minimum absolute atomic E-state index is 0. The van der Waals surface area contributed by atoms with Gasteiger partial charge in [-0.25, -0.2) is 0 Å². The largest absolute Gasteiger partial charge is 0.512 e. The molecule has 0 aliphatic heterocycles. The maximum absolute atomic E-state index is 11.5. The van der Waals surface area contributed by atoms with E-state index in [9.17, 15) is 9.90 Å². The Labute approximate surface area is 120 Å². The van der Waals surface area contributed by atoms with Crippen molar-refractivity contribution in [1.29, 1.82) is 0 Å². The van der Waals surface area contributed by atoms with Gasteiger partial charge in [0.15, 0.2) is 5.78 Å². The van der Waals surface area contributed by atoms with Crippen molar-refractivity contribution in [2.45, 2.75) is 41.5 Å². The Morgan fingerprint density at radius 1 is 1.00 bits per heavy atom. The maximum Gasteiger partial charge on any atom is 0.164 e. The third-order valence-corrected chi connectivity index (χ3v) is 1.78. The Morgan fingerprint density at radius 2 is 1.36 bits per heavy atom. The molecular formula is C11H20O2Pr. The second kappa shape index (κ2) is 5.60. The summed E-state index contributed by atoms with van der Waals surface area (Å²) in [5.41, 5.74) is -0.764. The van der Waals surface area contributed by atoms with E-state index in [0.717, 1.165) is 0 Å². The first-order valence-corrected chi connectivity index (χ1v) is 4.51. The molecule has 0 saturated heterocycles. The van der Waals surface area contributed by atoms with Gasteiger partial charge in [0.25, 0.3) is 0 Å². The smallest absolute Gasteiger partial charge is 0.164 e. The molecule has 0 fully saturated rings. The topological polar surface area (TPSA) is 37.3 Å². The molecule has 0 aliphatic carbocycles. The standard InChI is InChI=1S/C11H20O2.Pr/c1-10(2,3)8(12)7-9(13)11(4,5)6;/h7,12H,1-6H3;/b8-7-;. The number of carbonyl (C=O) groups excluding carboxylic acids is 1. The second-order valence-electron chi connectivity index (χ2n) is 5.39. The van der Waals surface area contributed by atoms with Gasteiger partial charge in [-0.3, -0.25) is 4.79 Å². The predicted octanol–water partition coefficient (Wildman–Crippen LogP) is 3.09. The van der Waals surface area contributed by atoms with E-state index in [1.54, 1.807) is 0 Å². The van der Waals surface area contributed by atoms with E-state index in [4.69, 9.17) is 0 Å². The number of ketones is 1. The Hall–Kier alpha value is 0.574. The van der Waals surface area contributed by atoms with Crippen molar-refractivity contribution in [2.24, 2.45) is 10.8 Å². The summed E-state index contributed by atoms with van der Waals surface area (Å²) in [6.45, 7) is 11.1. The van der Waals surface area contributed by atoms with Crippen molar-refractivity contribution in [1.82, 2.24) is 0 Å². The second-order valence-corrected chi connectivity index (χ2v) is 5.39. The fourth-order valence-corrected chi connectivity index (χ4v) is 0.557. The van der Waals surface area contributed by atoms with E-state index in [0.29, 0.717) is 0 Å².